The van der Waals surface area contributed by atoms with Crippen LogP contribution in [0.2, 0.25) is 0 Å². The molecular formula is C12H22N. The molecule has 13 heavy (non-hydrogen) atoms. The molecule has 1 saturated heterocycles. The smallest absolute Gasteiger partial charge is 0.00953 e. The fourth-order valence-electron chi connectivity index (χ4n) is 2.54. The SMILES string of the molecule is CCCC1[CH]CN(C2CCC2)CC1. The minimum absolute atomic E-state index is 0.932. The Morgan fingerprint density at radius 3 is 2.62 bits per heavy atom. The van der Waals surface area contributed by atoms with Crippen molar-refractivity contribution in [2.24, 2.45) is 5.92 Å². The number of hydrogen-bond acceptors (Lipinski definition) is 1. The van der Waals surface area contributed by atoms with Crippen LogP contribution >= 0.6 is 0 Å². The number of likely N-dealkylation sites (tertiary alicyclic amines) is 1. The van der Waals surface area contributed by atoms with Gasteiger partial charge in [-0.2, -0.15) is 0 Å². The minimum atomic E-state index is 0.932. The molecule has 1 aliphatic carbocycles. The Balaban J connectivity index is 1.69. The van der Waals surface area contributed by atoms with E-state index in [0.29, 0.717) is 0 Å². The second kappa shape index (κ2) is 4.45. The summed E-state index contributed by atoms with van der Waals surface area (Å²) in [4.78, 5) is 2.69. The summed E-state index contributed by atoms with van der Waals surface area (Å²) in [5.74, 6) is 0.932. The summed E-state index contributed by atoms with van der Waals surface area (Å²) in [6.07, 6.45) is 11.1. The summed E-state index contributed by atoms with van der Waals surface area (Å²) in [5.41, 5.74) is 0. The maximum absolute atomic E-state index is 2.69. The topological polar surface area (TPSA) is 3.24 Å². The lowest BCUT2D eigenvalue weighted by molar-refractivity contribution is 0.107. The van der Waals surface area contributed by atoms with E-state index < -0.39 is 0 Å². The van der Waals surface area contributed by atoms with Gasteiger partial charge in [-0.1, -0.05) is 26.2 Å². The van der Waals surface area contributed by atoms with E-state index in [9.17, 15) is 0 Å². The first kappa shape index (κ1) is 9.51. The molecule has 0 aromatic carbocycles. The van der Waals surface area contributed by atoms with Crippen molar-refractivity contribution in [1.82, 2.24) is 4.90 Å². The summed E-state index contributed by atoms with van der Waals surface area (Å²) >= 11 is 0. The van der Waals surface area contributed by atoms with Crippen molar-refractivity contribution in [2.45, 2.75) is 51.5 Å². The summed E-state index contributed by atoms with van der Waals surface area (Å²) in [7, 11) is 0. The van der Waals surface area contributed by atoms with Crippen molar-refractivity contribution in [1.29, 1.82) is 0 Å². The lowest BCUT2D eigenvalue weighted by Gasteiger charge is -2.41. The molecule has 2 rings (SSSR count). The molecule has 1 atom stereocenters. The van der Waals surface area contributed by atoms with Crippen molar-refractivity contribution < 1.29 is 0 Å². The lowest BCUT2D eigenvalue weighted by Crippen LogP contribution is -2.45. The van der Waals surface area contributed by atoms with Gasteiger partial charge < -0.3 is 4.90 Å². The second-order valence-electron chi connectivity index (χ2n) is 4.65. The van der Waals surface area contributed by atoms with Crippen LogP contribution in [0.5, 0.6) is 0 Å². The Kier molecular flexibility index (Phi) is 3.26. The van der Waals surface area contributed by atoms with Crippen LogP contribution in [0.1, 0.15) is 45.4 Å². The number of nitrogens with zero attached hydrogens (tertiary/aromatic N) is 1. The van der Waals surface area contributed by atoms with Crippen LogP contribution in [0, 0.1) is 12.3 Å². The molecule has 0 N–H and O–H groups in total. The minimum Gasteiger partial charge on any atom is -0.300 e. The third kappa shape index (κ3) is 2.25. The van der Waals surface area contributed by atoms with E-state index in [2.05, 4.69) is 18.2 Å². The van der Waals surface area contributed by atoms with Crippen LogP contribution in [0.3, 0.4) is 0 Å². The van der Waals surface area contributed by atoms with E-state index in [4.69, 9.17) is 0 Å². The van der Waals surface area contributed by atoms with Gasteiger partial charge in [0.05, 0.1) is 0 Å². The normalized spacial score (nSPS) is 27.5. The molecule has 1 radical (unpaired) electrons. The Labute approximate surface area is 82.5 Å². The lowest BCUT2D eigenvalue weighted by atomic mass is 9.86. The maximum atomic E-state index is 2.69. The monoisotopic (exact) mass is 180 g/mol. The zero-order valence-corrected chi connectivity index (χ0v) is 8.84. The first-order chi connectivity index (χ1) is 6.40. The van der Waals surface area contributed by atoms with Crippen LogP contribution in [-0.4, -0.2) is 24.0 Å². The van der Waals surface area contributed by atoms with E-state index in [-0.39, 0.29) is 0 Å². The van der Waals surface area contributed by atoms with Gasteiger partial charge in [0.2, 0.25) is 0 Å². The molecule has 1 heterocycles. The number of rotatable bonds is 3. The van der Waals surface area contributed by atoms with Gasteiger partial charge in [-0.05, 0) is 38.1 Å². The molecule has 1 saturated carbocycles. The van der Waals surface area contributed by atoms with Crippen LogP contribution in [0.25, 0.3) is 0 Å². The Morgan fingerprint density at radius 1 is 1.31 bits per heavy atom. The van der Waals surface area contributed by atoms with Crippen molar-refractivity contribution in [2.75, 3.05) is 13.1 Å². The molecule has 1 aliphatic heterocycles. The highest BCUT2D eigenvalue weighted by Crippen LogP contribution is 2.29. The highest BCUT2D eigenvalue weighted by atomic mass is 15.2. The van der Waals surface area contributed by atoms with Gasteiger partial charge in [0, 0.05) is 12.6 Å². The molecule has 1 unspecified atom stereocenters. The Hall–Kier alpha value is -0.0400. The highest BCUT2D eigenvalue weighted by molar-refractivity contribution is 4.91. The third-order valence-corrected chi connectivity index (χ3v) is 3.71. The molecule has 0 aromatic heterocycles. The third-order valence-electron chi connectivity index (χ3n) is 3.71. The average Bonchev–Trinajstić information content (AvgIpc) is 2.06. The molecular weight excluding hydrogens is 158 g/mol. The van der Waals surface area contributed by atoms with Crippen molar-refractivity contribution in [3.8, 4) is 0 Å². The van der Waals surface area contributed by atoms with Crippen molar-refractivity contribution in [3.63, 3.8) is 0 Å². The van der Waals surface area contributed by atoms with E-state index in [1.807, 2.05) is 0 Å². The van der Waals surface area contributed by atoms with Gasteiger partial charge >= 0.3 is 0 Å². The highest BCUT2D eigenvalue weighted by Gasteiger charge is 2.28. The fraction of sp³-hybridized carbons (Fsp3) is 0.917. The molecule has 1 heteroatoms. The molecule has 0 amide bonds. The van der Waals surface area contributed by atoms with Crippen LogP contribution in [-0.2, 0) is 0 Å². The molecule has 2 fully saturated rings. The predicted molar refractivity (Wildman–Crippen MR) is 56.5 cm³/mol. The number of hydrogen-bond donors (Lipinski definition) is 0. The first-order valence-corrected chi connectivity index (χ1v) is 5.97. The van der Waals surface area contributed by atoms with Crippen LogP contribution in [0.15, 0.2) is 0 Å². The summed E-state index contributed by atoms with van der Waals surface area (Å²) in [5, 5.41) is 0. The first-order valence-electron chi connectivity index (χ1n) is 5.97. The molecule has 0 aromatic rings. The second-order valence-corrected chi connectivity index (χ2v) is 4.65. The summed E-state index contributed by atoms with van der Waals surface area (Å²) in [6, 6.07) is 0.957. The molecule has 2 aliphatic rings. The zero-order chi connectivity index (χ0) is 9.10. The van der Waals surface area contributed by atoms with Crippen LogP contribution in [0.4, 0.5) is 0 Å². The van der Waals surface area contributed by atoms with Crippen molar-refractivity contribution in [3.05, 3.63) is 6.42 Å². The Bertz CT molecular complexity index is 143. The van der Waals surface area contributed by atoms with E-state index >= 15 is 0 Å². The van der Waals surface area contributed by atoms with Gasteiger partial charge in [-0.15, -0.1) is 0 Å². The molecule has 0 spiro atoms. The van der Waals surface area contributed by atoms with Gasteiger partial charge in [0.15, 0.2) is 0 Å². The fourth-order valence-corrected chi connectivity index (χ4v) is 2.54. The van der Waals surface area contributed by atoms with E-state index in [1.54, 1.807) is 0 Å². The van der Waals surface area contributed by atoms with E-state index in [0.717, 1.165) is 12.0 Å². The molecule has 0 bridgehead atoms. The maximum Gasteiger partial charge on any atom is 0.00953 e. The molecule has 1 nitrogen and oxygen atoms in total. The largest absolute Gasteiger partial charge is 0.300 e. The zero-order valence-electron chi connectivity index (χ0n) is 8.84. The van der Waals surface area contributed by atoms with Gasteiger partial charge in [-0.25, -0.2) is 0 Å². The average molecular weight is 180 g/mol. The predicted octanol–water partition coefficient (Wildman–Crippen LogP) is 2.87. The van der Waals surface area contributed by atoms with Crippen LogP contribution < -0.4 is 0 Å². The quantitative estimate of drug-likeness (QED) is 0.645. The van der Waals surface area contributed by atoms with Gasteiger partial charge in [0.1, 0.15) is 0 Å². The van der Waals surface area contributed by atoms with E-state index in [1.165, 1.54) is 51.6 Å². The molecule has 75 valence electrons. The summed E-state index contributed by atoms with van der Waals surface area (Å²) < 4.78 is 0. The van der Waals surface area contributed by atoms with Crippen molar-refractivity contribution >= 4 is 0 Å². The number of piperidine rings is 1. The van der Waals surface area contributed by atoms with Gasteiger partial charge in [0.25, 0.3) is 0 Å². The summed E-state index contributed by atoms with van der Waals surface area (Å²) in [6.45, 7) is 4.94. The van der Waals surface area contributed by atoms with Gasteiger partial charge in [-0.3, -0.25) is 0 Å². The standard InChI is InChI=1S/C12H22N/c1-2-4-11-7-9-13(10-8-11)12-5-3-6-12/h7,11-12H,2-6,8-10H2,1H3. The Morgan fingerprint density at radius 2 is 2.15 bits per heavy atom.